The third-order valence-electron chi connectivity index (χ3n) is 4.60. The molecule has 1 N–H and O–H groups in total. The van der Waals surface area contributed by atoms with Crippen LogP contribution in [0, 0.1) is 17.6 Å². The molecule has 1 aromatic rings. The number of hydrogen-bond donors (Lipinski definition) is 1. The fraction of sp³-hybridized carbons (Fsp3) is 0.500. The molecule has 0 spiro atoms. The van der Waals surface area contributed by atoms with Gasteiger partial charge in [0.05, 0.1) is 11.6 Å². The van der Waals surface area contributed by atoms with Gasteiger partial charge in [-0.05, 0) is 25.1 Å². The maximum Gasteiger partial charge on any atom is 0.228 e. The standard InChI is InChI=1S/C16H19F2N3O2/c1-20(12-4-5-19-8-12)16(23)10-6-15(22)21(9-10)14-3-2-11(17)7-13(14)18/h2-3,7,10,12,19H,4-6,8-9H2,1H3/t10-,12-/m0/s1. The van der Waals surface area contributed by atoms with Gasteiger partial charge in [0.2, 0.25) is 11.8 Å². The average Bonchev–Trinajstić information content (AvgIpc) is 3.16. The molecule has 124 valence electrons. The quantitative estimate of drug-likeness (QED) is 0.907. The van der Waals surface area contributed by atoms with Crippen LogP contribution in [0.1, 0.15) is 12.8 Å². The summed E-state index contributed by atoms with van der Waals surface area (Å²) in [4.78, 5) is 27.6. The van der Waals surface area contributed by atoms with Gasteiger partial charge in [0.25, 0.3) is 0 Å². The van der Waals surface area contributed by atoms with Crippen molar-refractivity contribution in [3.8, 4) is 0 Å². The van der Waals surface area contributed by atoms with Crippen molar-refractivity contribution in [2.45, 2.75) is 18.9 Å². The highest BCUT2D eigenvalue weighted by Gasteiger charge is 2.39. The average molecular weight is 323 g/mol. The fourth-order valence-corrected chi connectivity index (χ4v) is 3.24. The first-order chi connectivity index (χ1) is 11.0. The van der Waals surface area contributed by atoms with E-state index in [-0.39, 0.29) is 36.5 Å². The fourth-order valence-electron chi connectivity index (χ4n) is 3.24. The lowest BCUT2D eigenvalue weighted by Gasteiger charge is -2.26. The van der Waals surface area contributed by atoms with Gasteiger partial charge < -0.3 is 15.1 Å². The molecular formula is C16H19F2N3O2. The van der Waals surface area contributed by atoms with Crippen LogP contribution >= 0.6 is 0 Å². The summed E-state index contributed by atoms with van der Waals surface area (Å²) in [6, 6.07) is 3.22. The number of carbonyl (C=O) groups is 2. The van der Waals surface area contributed by atoms with Crippen molar-refractivity contribution in [2.24, 2.45) is 5.92 Å². The first-order valence-corrected chi connectivity index (χ1v) is 7.70. The van der Waals surface area contributed by atoms with E-state index in [9.17, 15) is 18.4 Å². The van der Waals surface area contributed by atoms with Gasteiger partial charge >= 0.3 is 0 Å². The molecule has 1 aromatic carbocycles. The van der Waals surface area contributed by atoms with E-state index in [0.29, 0.717) is 0 Å². The monoisotopic (exact) mass is 323 g/mol. The van der Waals surface area contributed by atoms with Crippen LogP contribution in [0.4, 0.5) is 14.5 Å². The second-order valence-corrected chi connectivity index (χ2v) is 6.10. The SMILES string of the molecule is CN(C(=O)[C@H]1CC(=O)N(c2ccc(F)cc2F)C1)[C@H]1CCNC1. The number of nitrogens with zero attached hydrogens (tertiary/aromatic N) is 2. The third kappa shape index (κ3) is 3.06. The van der Waals surface area contributed by atoms with Crippen LogP contribution in [-0.4, -0.2) is 49.4 Å². The van der Waals surface area contributed by atoms with E-state index in [1.807, 2.05) is 0 Å². The van der Waals surface area contributed by atoms with Gasteiger partial charge in [-0.3, -0.25) is 9.59 Å². The predicted octanol–water partition coefficient (Wildman–Crippen LogP) is 1.14. The van der Waals surface area contributed by atoms with Crippen LogP contribution in [0.3, 0.4) is 0 Å². The van der Waals surface area contributed by atoms with Crippen LogP contribution in [0.15, 0.2) is 18.2 Å². The topological polar surface area (TPSA) is 52.7 Å². The van der Waals surface area contributed by atoms with Crippen molar-refractivity contribution in [3.63, 3.8) is 0 Å². The summed E-state index contributed by atoms with van der Waals surface area (Å²) < 4.78 is 26.9. The van der Waals surface area contributed by atoms with Crippen molar-refractivity contribution < 1.29 is 18.4 Å². The molecule has 5 nitrogen and oxygen atoms in total. The van der Waals surface area contributed by atoms with Crippen molar-refractivity contribution >= 4 is 17.5 Å². The summed E-state index contributed by atoms with van der Waals surface area (Å²) >= 11 is 0. The second kappa shape index (κ2) is 6.23. The lowest BCUT2D eigenvalue weighted by Crippen LogP contribution is -2.42. The number of rotatable bonds is 3. The Bertz CT molecular complexity index is 632. The van der Waals surface area contributed by atoms with E-state index in [0.717, 1.165) is 31.6 Å². The minimum absolute atomic E-state index is 0.0249. The van der Waals surface area contributed by atoms with E-state index in [2.05, 4.69) is 5.32 Å². The molecule has 23 heavy (non-hydrogen) atoms. The van der Waals surface area contributed by atoms with Crippen molar-refractivity contribution in [2.75, 3.05) is 31.6 Å². The zero-order valence-electron chi connectivity index (χ0n) is 12.9. The van der Waals surface area contributed by atoms with E-state index in [1.54, 1.807) is 11.9 Å². The number of halogens is 2. The summed E-state index contributed by atoms with van der Waals surface area (Å²) in [7, 11) is 1.74. The Kier molecular flexibility index (Phi) is 4.30. The highest BCUT2D eigenvalue weighted by Crippen LogP contribution is 2.29. The molecule has 2 atom stereocenters. The normalized spacial score (nSPS) is 24.3. The van der Waals surface area contributed by atoms with Gasteiger partial charge in [-0.25, -0.2) is 8.78 Å². The number of benzene rings is 1. The van der Waals surface area contributed by atoms with Gasteiger partial charge in [0, 0.05) is 38.7 Å². The van der Waals surface area contributed by atoms with Crippen LogP contribution in [0.25, 0.3) is 0 Å². The number of anilines is 1. The molecule has 3 rings (SSSR count). The number of carbonyl (C=O) groups excluding carboxylic acids is 2. The summed E-state index contributed by atoms with van der Waals surface area (Å²) in [5, 5.41) is 3.20. The summed E-state index contributed by atoms with van der Waals surface area (Å²) in [6.07, 6.45) is 0.944. The molecule has 0 unspecified atom stereocenters. The maximum atomic E-state index is 13.9. The van der Waals surface area contributed by atoms with Crippen LogP contribution in [0.2, 0.25) is 0 Å². The smallest absolute Gasteiger partial charge is 0.228 e. The van der Waals surface area contributed by atoms with Gasteiger partial charge in [-0.15, -0.1) is 0 Å². The van der Waals surface area contributed by atoms with Crippen LogP contribution < -0.4 is 10.2 Å². The van der Waals surface area contributed by atoms with Crippen molar-refractivity contribution in [1.82, 2.24) is 10.2 Å². The minimum atomic E-state index is -0.792. The number of nitrogens with one attached hydrogen (secondary N) is 1. The van der Waals surface area contributed by atoms with E-state index in [4.69, 9.17) is 0 Å². The van der Waals surface area contributed by atoms with Gasteiger partial charge in [-0.2, -0.15) is 0 Å². The molecule has 2 saturated heterocycles. The lowest BCUT2D eigenvalue weighted by molar-refractivity contribution is -0.136. The Morgan fingerprint density at radius 3 is 2.83 bits per heavy atom. The van der Waals surface area contributed by atoms with Crippen LogP contribution in [-0.2, 0) is 9.59 Å². The molecule has 0 radical (unpaired) electrons. The Labute approximate surface area is 133 Å². The minimum Gasteiger partial charge on any atom is -0.341 e. The molecule has 2 heterocycles. The van der Waals surface area contributed by atoms with Crippen LogP contribution in [0.5, 0.6) is 0 Å². The molecule has 2 aliphatic heterocycles. The zero-order valence-corrected chi connectivity index (χ0v) is 12.9. The highest BCUT2D eigenvalue weighted by atomic mass is 19.1. The summed E-state index contributed by atoms with van der Waals surface area (Å²) in [5.74, 6) is -2.39. The zero-order chi connectivity index (χ0) is 16.6. The third-order valence-corrected chi connectivity index (χ3v) is 4.60. The Morgan fingerprint density at radius 1 is 1.39 bits per heavy atom. The molecule has 2 amide bonds. The number of hydrogen-bond acceptors (Lipinski definition) is 3. The highest BCUT2D eigenvalue weighted by molar-refractivity contribution is 6.00. The number of likely N-dealkylation sites (N-methyl/N-ethyl adjacent to an activating group) is 1. The van der Waals surface area contributed by atoms with Gasteiger partial charge in [0.1, 0.15) is 11.6 Å². The molecule has 0 aliphatic carbocycles. The summed E-state index contributed by atoms with van der Waals surface area (Å²) in [6.45, 7) is 1.75. The molecule has 0 bridgehead atoms. The van der Waals surface area contributed by atoms with E-state index < -0.39 is 17.6 Å². The first kappa shape index (κ1) is 15.9. The predicted molar refractivity (Wildman–Crippen MR) is 80.9 cm³/mol. The summed E-state index contributed by atoms with van der Waals surface area (Å²) in [5.41, 5.74) is 0.0249. The second-order valence-electron chi connectivity index (χ2n) is 6.10. The first-order valence-electron chi connectivity index (χ1n) is 7.70. The molecular weight excluding hydrogens is 304 g/mol. The number of amides is 2. The van der Waals surface area contributed by atoms with E-state index in [1.165, 1.54) is 11.0 Å². The molecule has 7 heteroatoms. The van der Waals surface area contributed by atoms with Crippen molar-refractivity contribution in [3.05, 3.63) is 29.8 Å². The van der Waals surface area contributed by atoms with Crippen molar-refractivity contribution in [1.29, 1.82) is 0 Å². The van der Waals surface area contributed by atoms with Gasteiger partial charge in [-0.1, -0.05) is 0 Å². The molecule has 0 aromatic heterocycles. The maximum absolute atomic E-state index is 13.9. The molecule has 0 saturated carbocycles. The Hall–Kier alpha value is -2.02. The Morgan fingerprint density at radius 2 is 2.17 bits per heavy atom. The lowest BCUT2D eigenvalue weighted by atomic mass is 10.1. The van der Waals surface area contributed by atoms with E-state index >= 15 is 0 Å². The largest absolute Gasteiger partial charge is 0.341 e. The molecule has 2 fully saturated rings. The molecule has 2 aliphatic rings. The Balaban J connectivity index is 1.72. The van der Waals surface area contributed by atoms with Gasteiger partial charge in [0.15, 0.2) is 0 Å².